The topological polar surface area (TPSA) is 70.6 Å². The summed E-state index contributed by atoms with van der Waals surface area (Å²) >= 11 is 0. The van der Waals surface area contributed by atoms with Crippen LogP contribution in [0.15, 0.2) is 24.3 Å². The lowest BCUT2D eigenvalue weighted by Crippen LogP contribution is -2.09. The average Bonchev–Trinajstić information content (AvgIpc) is 2.19. The highest BCUT2D eigenvalue weighted by molar-refractivity contribution is 5.64. The van der Waals surface area contributed by atoms with Gasteiger partial charge in [-0.05, 0) is 31.2 Å². The lowest BCUT2D eigenvalue weighted by Gasteiger charge is -2.09. The van der Waals surface area contributed by atoms with Gasteiger partial charge in [-0.2, -0.15) is 0 Å². The van der Waals surface area contributed by atoms with Crippen molar-refractivity contribution in [2.24, 2.45) is 0 Å². The molecule has 0 radical (unpaired) electrons. The van der Waals surface area contributed by atoms with Crippen molar-refractivity contribution in [3.05, 3.63) is 29.5 Å². The Morgan fingerprint density at radius 2 is 2.07 bits per heavy atom. The molecular weight excluding hydrogens is 186 g/mol. The van der Waals surface area contributed by atoms with Gasteiger partial charge in [0, 0.05) is 5.69 Å². The Labute approximate surface area is 81.2 Å². The molecule has 0 saturated carbocycles. The molecular formula is C9H10NO4-. The van der Waals surface area contributed by atoms with Gasteiger partial charge in [0.2, 0.25) is 0 Å². The number of ether oxygens (including phenoxy) is 2. The minimum Gasteiger partial charge on any atom is -0.761 e. The Morgan fingerprint density at radius 1 is 1.43 bits per heavy atom. The van der Waals surface area contributed by atoms with Crippen molar-refractivity contribution in [3.63, 3.8) is 0 Å². The normalized spacial score (nSPS) is 9.29. The van der Waals surface area contributed by atoms with E-state index >= 15 is 0 Å². The number of rotatable bonds is 3. The molecule has 0 heterocycles. The van der Waals surface area contributed by atoms with Crippen LogP contribution in [0.2, 0.25) is 0 Å². The third-order valence-corrected chi connectivity index (χ3v) is 1.44. The summed E-state index contributed by atoms with van der Waals surface area (Å²) in [5.74, 6) is 0.336. The van der Waals surface area contributed by atoms with Gasteiger partial charge in [-0.3, -0.25) is 0 Å². The highest BCUT2D eigenvalue weighted by Crippen LogP contribution is 2.15. The van der Waals surface area contributed by atoms with E-state index in [9.17, 15) is 10.0 Å². The van der Waals surface area contributed by atoms with E-state index in [0.717, 1.165) is 0 Å². The molecule has 1 aromatic carbocycles. The maximum atomic E-state index is 10.8. The quantitative estimate of drug-likeness (QED) is 0.455. The molecule has 5 nitrogen and oxygen atoms in total. The van der Waals surface area contributed by atoms with Crippen molar-refractivity contribution in [2.45, 2.75) is 6.92 Å². The zero-order valence-corrected chi connectivity index (χ0v) is 7.65. The Balaban J connectivity index is 2.55. The number of hydrogen-bond donors (Lipinski definition) is 1. The minimum absolute atomic E-state index is 0.263. The largest absolute Gasteiger partial charge is 0.761 e. The first-order valence-electron chi connectivity index (χ1n) is 4.09. The molecule has 0 amide bonds. The van der Waals surface area contributed by atoms with Gasteiger partial charge in [-0.25, -0.2) is 4.79 Å². The molecule has 0 aliphatic heterocycles. The summed E-state index contributed by atoms with van der Waals surface area (Å²) in [5, 5.41) is 10.2. The molecule has 1 rings (SSSR count). The van der Waals surface area contributed by atoms with Crippen LogP contribution in [0.1, 0.15) is 6.92 Å². The second-order valence-corrected chi connectivity index (χ2v) is 2.41. The predicted octanol–water partition coefficient (Wildman–Crippen LogP) is 2.13. The fourth-order valence-electron chi connectivity index (χ4n) is 0.835. The summed E-state index contributed by atoms with van der Waals surface area (Å²) in [4.78, 5) is 10.8. The average molecular weight is 196 g/mol. The third-order valence-electron chi connectivity index (χ3n) is 1.44. The monoisotopic (exact) mass is 196 g/mol. The van der Waals surface area contributed by atoms with Crippen molar-refractivity contribution in [2.75, 3.05) is 12.1 Å². The van der Waals surface area contributed by atoms with Gasteiger partial charge in [0.05, 0.1) is 6.61 Å². The number of benzene rings is 1. The second-order valence-electron chi connectivity index (χ2n) is 2.41. The van der Waals surface area contributed by atoms with Gasteiger partial charge >= 0.3 is 6.16 Å². The number of carbonyl (C=O) groups is 1. The molecule has 0 aromatic heterocycles. The van der Waals surface area contributed by atoms with E-state index in [-0.39, 0.29) is 6.61 Å². The van der Waals surface area contributed by atoms with Crippen LogP contribution in [-0.2, 0) is 4.74 Å². The van der Waals surface area contributed by atoms with E-state index in [2.05, 4.69) is 4.74 Å². The summed E-state index contributed by atoms with van der Waals surface area (Å²) in [7, 11) is 0. The standard InChI is InChI=1S/C9H10NO4/c1-2-13-9(11)14-8-5-3-7(10-12)4-6-8/h3-6,10H,2H2,1H3/q-1. The molecule has 0 unspecified atom stereocenters. The molecule has 0 bridgehead atoms. The molecule has 76 valence electrons. The third kappa shape index (κ3) is 2.95. The van der Waals surface area contributed by atoms with Crippen molar-refractivity contribution < 1.29 is 14.3 Å². The SMILES string of the molecule is CCOC(=O)Oc1ccc(N[O-])cc1. The lowest BCUT2D eigenvalue weighted by molar-refractivity contribution is 0.104. The first-order valence-corrected chi connectivity index (χ1v) is 4.09. The van der Waals surface area contributed by atoms with Crippen LogP contribution >= 0.6 is 0 Å². The summed E-state index contributed by atoms with van der Waals surface area (Å²) in [6.45, 7) is 1.95. The number of nitrogens with one attached hydrogen (secondary N) is 1. The molecule has 0 fully saturated rings. The zero-order chi connectivity index (χ0) is 10.4. The van der Waals surface area contributed by atoms with E-state index in [1.807, 2.05) is 0 Å². The first kappa shape index (κ1) is 10.3. The van der Waals surface area contributed by atoms with Gasteiger partial charge in [0.1, 0.15) is 5.75 Å². The summed E-state index contributed by atoms with van der Waals surface area (Å²) in [6, 6.07) is 6.00. The molecule has 0 atom stereocenters. The van der Waals surface area contributed by atoms with Gasteiger partial charge in [-0.1, -0.05) is 0 Å². The molecule has 5 heteroatoms. The van der Waals surface area contributed by atoms with Gasteiger partial charge in [0.25, 0.3) is 0 Å². The Kier molecular flexibility index (Phi) is 3.75. The maximum Gasteiger partial charge on any atom is 0.513 e. The van der Waals surface area contributed by atoms with Crippen LogP contribution < -0.4 is 10.2 Å². The molecule has 14 heavy (non-hydrogen) atoms. The van der Waals surface area contributed by atoms with Gasteiger partial charge < -0.3 is 20.2 Å². The fourth-order valence-corrected chi connectivity index (χ4v) is 0.835. The fraction of sp³-hybridized carbons (Fsp3) is 0.222. The Bertz CT molecular complexity index is 296. The zero-order valence-electron chi connectivity index (χ0n) is 7.65. The van der Waals surface area contributed by atoms with Crippen LogP contribution in [0.4, 0.5) is 10.5 Å². The highest BCUT2D eigenvalue weighted by atomic mass is 16.7. The van der Waals surface area contributed by atoms with E-state index in [1.54, 1.807) is 12.4 Å². The van der Waals surface area contributed by atoms with Crippen molar-refractivity contribution in [1.29, 1.82) is 0 Å². The van der Waals surface area contributed by atoms with Crippen LogP contribution in [0.3, 0.4) is 0 Å². The molecule has 1 N–H and O–H groups in total. The lowest BCUT2D eigenvalue weighted by atomic mass is 10.3. The highest BCUT2D eigenvalue weighted by Gasteiger charge is 2.03. The van der Waals surface area contributed by atoms with Crippen LogP contribution in [0, 0.1) is 5.21 Å². The molecule has 1 aromatic rings. The maximum absolute atomic E-state index is 10.8. The van der Waals surface area contributed by atoms with E-state index < -0.39 is 6.16 Å². The Hall–Kier alpha value is -1.75. The van der Waals surface area contributed by atoms with E-state index in [4.69, 9.17) is 4.74 Å². The predicted molar refractivity (Wildman–Crippen MR) is 51.1 cm³/mol. The summed E-state index contributed by atoms with van der Waals surface area (Å²) < 4.78 is 9.33. The van der Waals surface area contributed by atoms with Crippen molar-refractivity contribution in [3.8, 4) is 5.75 Å². The molecule has 0 aliphatic carbocycles. The van der Waals surface area contributed by atoms with E-state index in [0.29, 0.717) is 11.4 Å². The smallest absolute Gasteiger partial charge is 0.513 e. The number of hydrogen-bond acceptors (Lipinski definition) is 5. The van der Waals surface area contributed by atoms with Gasteiger partial charge in [0.15, 0.2) is 0 Å². The molecule has 0 spiro atoms. The summed E-state index contributed by atoms with van der Waals surface area (Å²) in [6.07, 6.45) is -0.754. The van der Waals surface area contributed by atoms with Crippen molar-refractivity contribution in [1.82, 2.24) is 0 Å². The van der Waals surface area contributed by atoms with E-state index in [1.165, 1.54) is 24.3 Å². The van der Waals surface area contributed by atoms with Crippen LogP contribution in [-0.4, -0.2) is 12.8 Å². The Morgan fingerprint density at radius 3 is 2.57 bits per heavy atom. The van der Waals surface area contributed by atoms with Crippen LogP contribution in [0.5, 0.6) is 5.75 Å². The minimum atomic E-state index is -0.754. The molecule has 0 saturated heterocycles. The van der Waals surface area contributed by atoms with Crippen molar-refractivity contribution >= 4 is 11.8 Å². The number of carbonyl (C=O) groups excluding carboxylic acids is 1. The van der Waals surface area contributed by atoms with Crippen LogP contribution in [0.25, 0.3) is 0 Å². The first-order chi connectivity index (χ1) is 6.76. The van der Waals surface area contributed by atoms with Gasteiger partial charge in [-0.15, -0.1) is 0 Å². The second kappa shape index (κ2) is 5.08. The number of anilines is 1. The molecule has 0 aliphatic rings. The summed E-state index contributed by atoms with van der Waals surface area (Å²) in [5.41, 5.74) is 2.11.